The highest BCUT2D eigenvalue weighted by Gasteiger charge is 2.05. The first-order valence-electron chi connectivity index (χ1n) is 3.35. The first-order chi connectivity index (χ1) is 5.84. The quantitative estimate of drug-likeness (QED) is 0.536. The van der Waals surface area contributed by atoms with Crippen LogP contribution in [-0.4, -0.2) is 25.6 Å². The number of hydrogen-bond acceptors (Lipinski definition) is 4. The van der Waals surface area contributed by atoms with Crippen LogP contribution < -0.4 is 0 Å². The highest BCUT2D eigenvalue weighted by atomic mass is 16.5. The van der Waals surface area contributed by atoms with Crippen LogP contribution in [0.4, 0.5) is 0 Å². The molecule has 0 spiro atoms. The molecule has 0 aromatic rings. The van der Waals surface area contributed by atoms with Crippen LogP contribution in [-0.2, 0) is 9.53 Å². The molecule has 12 heavy (non-hydrogen) atoms. The monoisotopic (exact) mass is 164 g/mol. The van der Waals surface area contributed by atoms with Crippen LogP contribution in [0.3, 0.4) is 0 Å². The minimum Gasteiger partial charge on any atom is -0.464 e. The number of aliphatic imine (C=N–C) groups is 2. The number of rotatable bonds is 1. The third kappa shape index (κ3) is 2.16. The maximum absolute atomic E-state index is 10.9. The summed E-state index contributed by atoms with van der Waals surface area (Å²) in [6, 6.07) is 0. The van der Waals surface area contributed by atoms with E-state index in [0.29, 0.717) is 0 Å². The summed E-state index contributed by atoms with van der Waals surface area (Å²) in [7, 11) is 1.31. The second-order valence-electron chi connectivity index (χ2n) is 1.97. The molecule has 1 aliphatic rings. The zero-order chi connectivity index (χ0) is 8.81. The summed E-state index contributed by atoms with van der Waals surface area (Å²) >= 11 is 0. The Morgan fingerprint density at radius 1 is 1.50 bits per heavy atom. The number of hydrogen-bond donors (Lipinski definition) is 0. The molecule has 1 aliphatic heterocycles. The van der Waals surface area contributed by atoms with Crippen LogP contribution in [0.25, 0.3) is 0 Å². The summed E-state index contributed by atoms with van der Waals surface area (Å²) in [5.41, 5.74) is 0.241. The Morgan fingerprint density at radius 3 is 3.08 bits per heavy atom. The zero-order valence-corrected chi connectivity index (χ0v) is 6.60. The third-order valence-electron chi connectivity index (χ3n) is 1.20. The van der Waals surface area contributed by atoms with Crippen molar-refractivity contribution >= 4 is 18.5 Å². The summed E-state index contributed by atoms with van der Waals surface area (Å²) in [5, 5.41) is 0. The van der Waals surface area contributed by atoms with Crippen molar-refractivity contribution < 1.29 is 9.53 Å². The molecule has 1 heterocycles. The van der Waals surface area contributed by atoms with Crippen LogP contribution >= 0.6 is 0 Å². The number of nitrogens with zero attached hydrogens (tertiary/aromatic N) is 2. The molecular formula is C8H8N2O2. The smallest absolute Gasteiger partial charge is 0.356 e. The number of methoxy groups -OCH3 is 1. The van der Waals surface area contributed by atoms with Gasteiger partial charge < -0.3 is 4.74 Å². The largest absolute Gasteiger partial charge is 0.464 e. The van der Waals surface area contributed by atoms with Crippen LogP contribution in [0.1, 0.15) is 0 Å². The molecule has 0 aliphatic carbocycles. The van der Waals surface area contributed by atoms with E-state index in [1.807, 2.05) is 0 Å². The van der Waals surface area contributed by atoms with E-state index < -0.39 is 5.97 Å². The van der Waals surface area contributed by atoms with Gasteiger partial charge in [0.05, 0.1) is 7.11 Å². The summed E-state index contributed by atoms with van der Waals surface area (Å²) in [6.45, 7) is 0. The molecule has 0 N–H and O–H groups in total. The van der Waals surface area contributed by atoms with E-state index in [2.05, 4.69) is 14.7 Å². The van der Waals surface area contributed by atoms with Gasteiger partial charge in [-0.25, -0.2) is 14.8 Å². The van der Waals surface area contributed by atoms with E-state index in [4.69, 9.17) is 0 Å². The van der Waals surface area contributed by atoms with Gasteiger partial charge in [-0.1, -0.05) is 6.08 Å². The maximum Gasteiger partial charge on any atom is 0.356 e. The van der Waals surface area contributed by atoms with Gasteiger partial charge in [-0.3, -0.25) is 0 Å². The average molecular weight is 164 g/mol. The highest BCUT2D eigenvalue weighted by Crippen LogP contribution is 2.00. The van der Waals surface area contributed by atoms with Crippen molar-refractivity contribution in [2.75, 3.05) is 7.11 Å². The second-order valence-corrected chi connectivity index (χ2v) is 1.97. The minimum atomic E-state index is -0.465. The normalized spacial score (nSPS) is 14.9. The van der Waals surface area contributed by atoms with Gasteiger partial charge in [0.25, 0.3) is 0 Å². The van der Waals surface area contributed by atoms with Crippen molar-refractivity contribution in [1.29, 1.82) is 0 Å². The Morgan fingerprint density at radius 2 is 2.33 bits per heavy atom. The Labute approximate surface area is 70.0 Å². The van der Waals surface area contributed by atoms with Gasteiger partial charge in [0.1, 0.15) is 12.0 Å². The van der Waals surface area contributed by atoms with E-state index in [1.165, 1.54) is 13.4 Å². The molecule has 0 saturated carbocycles. The van der Waals surface area contributed by atoms with Gasteiger partial charge in [0.2, 0.25) is 0 Å². The van der Waals surface area contributed by atoms with Crippen LogP contribution in [0.2, 0.25) is 0 Å². The number of carbonyl (C=O) groups is 1. The lowest BCUT2D eigenvalue weighted by Crippen LogP contribution is -2.02. The molecule has 4 nitrogen and oxygen atoms in total. The average Bonchev–Trinajstić information content (AvgIpc) is 2.02. The van der Waals surface area contributed by atoms with E-state index in [9.17, 15) is 4.79 Å². The lowest BCUT2D eigenvalue weighted by atomic mass is 10.3. The maximum atomic E-state index is 10.9. The second kappa shape index (κ2) is 4.23. The van der Waals surface area contributed by atoms with Crippen molar-refractivity contribution in [1.82, 2.24) is 0 Å². The summed E-state index contributed by atoms with van der Waals surface area (Å²) in [4.78, 5) is 18.5. The molecule has 0 amide bonds. The van der Waals surface area contributed by atoms with E-state index in [1.54, 1.807) is 24.4 Å². The topological polar surface area (TPSA) is 51.0 Å². The Hall–Kier alpha value is -1.71. The van der Waals surface area contributed by atoms with Crippen LogP contribution in [0.5, 0.6) is 0 Å². The highest BCUT2D eigenvalue weighted by molar-refractivity contribution is 5.92. The van der Waals surface area contributed by atoms with Gasteiger partial charge in [-0.05, 0) is 12.2 Å². The molecule has 0 atom stereocenters. The molecule has 4 heteroatoms. The van der Waals surface area contributed by atoms with Gasteiger partial charge >= 0.3 is 5.97 Å². The number of ether oxygens (including phenoxy) is 1. The molecule has 0 unspecified atom stereocenters. The Kier molecular flexibility index (Phi) is 2.95. The van der Waals surface area contributed by atoms with Crippen LogP contribution in [0, 0.1) is 0 Å². The fourth-order valence-electron chi connectivity index (χ4n) is 0.648. The Bertz CT molecular complexity index is 287. The van der Waals surface area contributed by atoms with Crippen molar-refractivity contribution in [2.45, 2.75) is 0 Å². The number of carbonyl (C=O) groups excluding carboxylic acids is 1. The van der Waals surface area contributed by atoms with Crippen molar-refractivity contribution in [3.05, 3.63) is 23.9 Å². The first kappa shape index (κ1) is 8.39. The van der Waals surface area contributed by atoms with E-state index in [0.717, 1.165) is 0 Å². The fraction of sp³-hybridized carbons (Fsp3) is 0.125. The van der Waals surface area contributed by atoms with Gasteiger partial charge in [-0.15, -0.1) is 0 Å². The molecule has 0 fully saturated rings. The van der Waals surface area contributed by atoms with E-state index in [-0.39, 0.29) is 5.70 Å². The summed E-state index contributed by atoms with van der Waals surface area (Å²) in [6.07, 6.45) is 7.81. The first-order valence-corrected chi connectivity index (χ1v) is 3.35. The molecule has 0 aromatic carbocycles. The lowest BCUT2D eigenvalue weighted by molar-refractivity contribution is -0.136. The minimum absolute atomic E-state index is 0.241. The molecule has 62 valence electrons. The zero-order valence-electron chi connectivity index (χ0n) is 6.60. The predicted octanol–water partition coefficient (Wildman–Crippen LogP) is 0.712. The lowest BCUT2D eigenvalue weighted by Gasteiger charge is -1.97. The SMILES string of the molecule is COC(=O)C1=CC=CC=NC=N1. The van der Waals surface area contributed by atoms with Crippen molar-refractivity contribution in [3.63, 3.8) is 0 Å². The molecule has 1 rings (SSSR count). The van der Waals surface area contributed by atoms with Crippen molar-refractivity contribution in [3.8, 4) is 0 Å². The van der Waals surface area contributed by atoms with Gasteiger partial charge in [-0.2, -0.15) is 0 Å². The fourth-order valence-corrected chi connectivity index (χ4v) is 0.648. The number of esters is 1. The Balaban J connectivity index is 2.82. The summed E-state index contributed by atoms with van der Waals surface area (Å²) in [5.74, 6) is -0.465. The molecule has 0 saturated heterocycles. The molecular weight excluding hydrogens is 156 g/mol. The molecule has 0 radical (unpaired) electrons. The molecule has 0 bridgehead atoms. The van der Waals surface area contributed by atoms with Gasteiger partial charge in [0, 0.05) is 6.21 Å². The van der Waals surface area contributed by atoms with Crippen LogP contribution in [0.15, 0.2) is 33.9 Å². The van der Waals surface area contributed by atoms with E-state index >= 15 is 0 Å². The standard InChI is InChI=1S/C8H8N2O2/c1-12-8(11)7-4-2-3-5-9-6-10-7/h2-6H,1H3. The van der Waals surface area contributed by atoms with Gasteiger partial charge in [0.15, 0.2) is 0 Å². The molecule has 0 aromatic heterocycles. The third-order valence-corrected chi connectivity index (χ3v) is 1.20. The van der Waals surface area contributed by atoms with Crippen molar-refractivity contribution in [2.24, 2.45) is 9.98 Å². The summed E-state index contributed by atoms with van der Waals surface area (Å²) < 4.78 is 4.48. The predicted molar refractivity (Wildman–Crippen MR) is 46.2 cm³/mol. The number of allylic oxidation sites excluding steroid dienone is 3.